The Hall–Kier alpha value is -3.13. The fraction of sp³-hybridized carbons (Fsp3) is 0.278. The number of methoxy groups -OCH3 is 2. The van der Waals surface area contributed by atoms with Gasteiger partial charge in [0.2, 0.25) is 5.95 Å². The van der Waals surface area contributed by atoms with Crippen LogP contribution in [-0.2, 0) is 4.74 Å². The van der Waals surface area contributed by atoms with Crippen molar-refractivity contribution in [3.05, 3.63) is 47.7 Å². The Labute approximate surface area is 151 Å². The highest BCUT2D eigenvalue weighted by atomic mass is 16.5. The van der Waals surface area contributed by atoms with E-state index in [4.69, 9.17) is 9.47 Å². The molecule has 3 aromatic rings. The number of nitrogens with zero attached hydrogens (tertiary/aromatic N) is 3. The van der Waals surface area contributed by atoms with Crippen molar-refractivity contribution in [2.75, 3.05) is 32.7 Å². The zero-order valence-corrected chi connectivity index (χ0v) is 14.9. The highest BCUT2D eigenvalue weighted by Gasteiger charge is 2.12. The summed E-state index contributed by atoms with van der Waals surface area (Å²) in [6, 6.07) is 9.03. The number of rotatable bonds is 7. The molecule has 26 heavy (non-hydrogen) atoms. The Morgan fingerprint density at radius 1 is 1.23 bits per heavy atom. The summed E-state index contributed by atoms with van der Waals surface area (Å²) >= 11 is 0. The normalized spacial score (nSPS) is 10.7. The summed E-state index contributed by atoms with van der Waals surface area (Å²) in [5.74, 6) is 0.791. The zero-order valence-electron chi connectivity index (χ0n) is 14.9. The molecule has 0 unspecified atom stereocenters. The van der Waals surface area contributed by atoms with Crippen LogP contribution >= 0.6 is 0 Å². The maximum absolute atomic E-state index is 12.1. The number of pyridine rings is 1. The van der Waals surface area contributed by atoms with Crippen LogP contribution in [0.1, 0.15) is 15.9 Å². The summed E-state index contributed by atoms with van der Waals surface area (Å²) in [4.78, 5) is 16.6. The van der Waals surface area contributed by atoms with E-state index in [0.29, 0.717) is 36.1 Å². The van der Waals surface area contributed by atoms with E-state index in [9.17, 15) is 4.79 Å². The molecule has 0 aliphatic rings. The number of ether oxygens (including phenoxy) is 2. The van der Waals surface area contributed by atoms with E-state index < -0.39 is 0 Å². The van der Waals surface area contributed by atoms with Gasteiger partial charge in [-0.05, 0) is 36.8 Å². The average Bonchev–Trinajstić information content (AvgIpc) is 3.03. The lowest BCUT2D eigenvalue weighted by Gasteiger charge is -2.11. The molecule has 0 bridgehead atoms. The van der Waals surface area contributed by atoms with Gasteiger partial charge in [0.15, 0.2) is 5.65 Å². The second-order valence-corrected chi connectivity index (χ2v) is 5.73. The molecule has 3 rings (SSSR count). The van der Waals surface area contributed by atoms with Crippen LogP contribution in [0.4, 0.5) is 11.6 Å². The van der Waals surface area contributed by atoms with E-state index in [0.717, 1.165) is 11.2 Å². The molecule has 0 aliphatic carbocycles. The smallest absolute Gasteiger partial charge is 0.251 e. The van der Waals surface area contributed by atoms with Gasteiger partial charge in [-0.1, -0.05) is 6.07 Å². The van der Waals surface area contributed by atoms with Gasteiger partial charge in [0.1, 0.15) is 5.75 Å². The van der Waals surface area contributed by atoms with Crippen LogP contribution < -0.4 is 15.4 Å². The Morgan fingerprint density at radius 2 is 2.08 bits per heavy atom. The third-order valence-corrected chi connectivity index (χ3v) is 3.78. The van der Waals surface area contributed by atoms with Crippen molar-refractivity contribution < 1.29 is 14.3 Å². The van der Waals surface area contributed by atoms with Crippen molar-refractivity contribution in [2.24, 2.45) is 0 Å². The summed E-state index contributed by atoms with van der Waals surface area (Å²) in [5, 5.41) is 10.3. The maximum atomic E-state index is 12.1. The van der Waals surface area contributed by atoms with Gasteiger partial charge in [-0.3, -0.25) is 4.79 Å². The SMILES string of the molecule is COCCNC(=O)c1ccc(Nc2nc3ccc(C)cn3n2)c(OC)c1. The monoisotopic (exact) mass is 355 g/mol. The number of aromatic nitrogens is 3. The van der Waals surface area contributed by atoms with E-state index in [2.05, 4.69) is 20.7 Å². The van der Waals surface area contributed by atoms with Crippen LogP contribution in [0, 0.1) is 6.92 Å². The molecule has 1 aromatic carbocycles. The number of aryl methyl sites for hydroxylation is 1. The molecular formula is C18H21N5O3. The van der Waals surface area contributed by atoms with E-state index in [1.807, 2.05) is 25.3 Å². The van der Waals surface area contributed by atoms with E-state index >= 15 is 0 Å². The lowest BCUT2D eigenvalue weighted by Crippen LogP contribution is -2.26. The van der Waals surface area contributed by atoms with Gasteiger partial charge < -0.3 is 20.1 Å². The van der Waals surface area contributed by atoms with E-state index in [1.165, 1.54) is 0 Å². The molecule has 0 saturated heterocycles. The first-order chi connectivity index (χ1) is 12.6. The third-order valence-electron chi connectivity index (χ3n) is 3.78. The van der Waals surface area contributed by atoms with E-state index in [-0.39, 0.29) is 5.91 Å². The van der Waals surface area contributed by atoms with Crippen molar-refractivity contribution in [1.29, 1.82) is 0 Å². The van der Waals surface area contributed by atoms with Gasteiger partial charge >= 0.3 is 0 Å². The quantitative estimate of drug-likeness (QED) is 0.631. The fourth-order valence-corrected chi connectivity index (χ4v) is 2.46. The highest BCUT2D eigenvalue weighted by Crippen LogP contribution is 2.28. The number of hydrogen-bond donors (Lipinski definition) is 2. The lowest BCUT2D eigenvalue weighted by molar-refractivity contribution is 0.0937. The molecule has 2 heterocycles. The summed E-state index contributed by atoms with van der Waals surface area (Å²) < 4.78 is 12.0. The molecule has 136 valence electrons. The number of fused-ring (bicyclic) bond motifs is 1. The summed E-state index contributed by atoms with van der Waals surface area (Å²) in [6.45, 7) is 2.90. The molecule has 0 spiro atoms. The van der Waals surface area contributed by atoms with Gasteiger partial charge in [0.05, 0.1) is 19.4 Å². The molecule has 2 aromatic heterocycles. The largest absolute Gasteiger partial charge is 0.495 e. The minimum Gasteiger partial charge on any atom is -0.495 e. The van der Waals surface area contributed by atoms with Gasteiger partial charge in [-0.2, -0.15) is 4.98 Å². The predicted octanol–water partition coefficient (Wildman–Crippen LogP) is 2.17. The molecule has 0 saturated carbocycles. The molecule has 0 aliphatic heterocycles. The van der Waals surface area contributed by atoms with Gasteiger partial charge in [0.25, 0.3) is 5.91 Å². The van der Waals surface area contributed by atoms with Crippen molar-refractivity contribution >= 4 is 23.2 Å². The molecule has 8 heteroatoms. The second-order valence-electron chi connectivity index (χ2n) is 5.73. The average molecular weight is 355 g/mol. The molecule has 0 fully saturated rings. The third kappa shape index (κ3) is 3.92. The summed E-state index contributed by atoms with van der Waals surface area (Å²) in [7, 11) is 3.14. The minimum absolute atomic E-state index is 0.187. The number of hydrogen-bond acceptors (Lipinski definition) is 6. The molecule has 2 N–H and O–H groups in total. The highest BCUT2D eigenvalue weighted by molar-refractivity contribution is 5.95. The Balaban J connectivity index is 1.79. The fourth-order valence-electron chi connectivity index (χ4n) is 2.46. The number of carbonyl (C=O) groups excluding carboxylic acids is 1. The van der Waals surface area contributed by atoms with E-state index in [1.54, 1.807) is 36.9 Å². The number of nitrogens with one attached hydrogen (secondary N) is 2. The molecule has 1 amide bonds. The minimum atomic E-state index is -0.187. The van der Waals surface area contributed by atoms with Crippen molar-refractivity contribution in [2.45, 2.75) is 6.92 Å². The van der Waals surface area contributed by atoms with Crippen LogP contribution in [0.2, 0.25) is 0 Å². The zero-order chi connectivity index (χ0) is 18.5. The van der Waals surface area contributed by atoms with Crippen LogP contribution in [0.3, 0.4) is 0 Å². The van der Waals surface area contributed by atoms with Crippen molar-refractivity contribution in [3.8, 4) is 5.75 Å². The number of amides is 1. The standard InChI is InChI=1S/C18H21N5O3/c1-12-4-7-16-21-18(22-23(16)11-12)20-14-6-5-13(10-15(14)26-3)17(24)19-8-9-25-2/h4-7,10-11H,8-9H2,1-3H3,(H,19,24)(H,20,22). The van der Waals surface area contributed by atoms with Crippen LogP contribution in [-0.4, -0.2) is 47.9 Å². The van der Waals surface area contributed by atoms with Crippen LogP contribution in [0.15, 0.2) is 36.5 Å². The van der Waals surface area contributed by atoms with Gasteiger partial charge in [-0.15, -0.1) is 5.10 Å². The predicted molar refractivity (Wildman–Crippen MR) is 98.2 cm³/mol. The maximum Gasteiger partial charge on any atom is 0.251 e. The number of carbonyl (C=O) groups is 1. The molecule has 0 atom stereocenters. The topological polar surface area (TPSA) is 89.8 Å². The Morgan fingerprint density at radius 3 is 2.85 bits per heavy atom. The first kappa shape index (κ1) is 17.7. The lowest BCUT2D eigenvalue weighted by atomic mass is 10.1. The first-order valence-corrected chi connectivity index (χ1v) is 8.16. The second kappa shape index (κ2) is 7.83. The Kier molecular flexibility index (Phi) is 5.33. The van der Waals surface area contributed by atoms with Crippen molar-refractivity contribution in [1.82, 2.24) is 19.9 Å². The molecular weight excluding hydrogens is 334 g/mol. The van der Waals surface area contributed by atoms with Crippen LogP contribution in [0.25, 0.3) is 5.65 Å². The molecule has 8 nitrogen and oxygen atoms in total. The number of benzene rings is 1. The molecule has 0 radical (unpaired) electrons. The number of anilines is 2. The summed E-state index contributed by atoms with van der Waals surface area (Å²) in [6.07, 6.45) is 1.90. The summed E-state index contributed by atoms with van der Waals surface area (Å²) in [5.41, 5.74) is 3.01. The van der Waals surface area contributed by atoms with Gasteiger partial charge in [-0.25, -0.2) is 4.52 Å². The van der Waals surface area contributed by atoms with Crippen LogP contribution in [0.5, 0.6) is 5.75 Å². The first-order valence-electron chi connectivity index (χ1n) is 8.16. The van der Waals surface area contributed by atoms with Crippen molar-refractivity contribution in [3.63, 3.8) is 0 Å². The van der Waals surface area contributed by atoms with Gasteiger partial charge in [0, 0.05) is 25.4 Å². The Bertz CT molecular complexity index is 922.